The number of benzene rings is 1. The molecule has 7 heteroatoms. The van der Waals surface area contributed by atoms with Gasteiger partial charge < -0.3 is 14.2 Å². The lowest BCUT2D eigenvalue weighted by Crippen LogP contribution is -2.59. The maximum Gasteiger partial charge on any atom is 0.323 e. The third-order valence-electron chi connectivity index (χ3n) is 4.25. The first-order valence-corrected chi connectivity index (χ1v) is 8.55. The van der Waals surface area contributed by atoms with Crippen molar-refractivity contribution in [3.05, 3.63) is 35.6 Å². The molecule has 3 rings (SSSR count). The van der Waals surface area contributed by atoms with Gasteiger partial charge in [0.2, 0.25) is 0 Å². The van der Waals surface area contributed by atoms with Crippen molar-refractivity contribution in [1.82, 2.24) is 10.1 Å². The Hall–Kier alpha value is -2.41. The van der Waals surface area contributed by atoms with Crippen molar-refractivity contribution in [2.45, 2.75) is 45.8 Å². The van der Waals surface area contributed by atoms with Crippen LogP contribution in [0.15, 0.2) is 28.8 Å². The van der Waals surface area contributed by atoms with Gasteiger partial charge in [-0.2, -0.15) is 0 Å². The standard InChI is InChI=1S/C19H24FN3O3/c1-12-15(13-8-6-7-9-14(13)20)25-22-16(12)21-17(24)23-10-18(2,3)26-19(4,5)11-23/h6-9H,10-11H2,1-5H3,(H,21,22,24). The number of aromatic nitrogens is 1. The van der Waals surface area contributed by atoms with Crippen LogP contribution in [0.5, 0.6) is 0 Å². The molecule has 1 N–H and O–H groups in total. The molecule has 2 heterocycles. The average Bonchev–Trinajstić information content (AvgIpc) is 2.86. The minimum absolute atomic E-state index is 0.286. The molecule has 0 atom stereocenters. The van der Waals surface area contributed by atoms with Gasteiger partial charge in [0, 0.05) is 5.56 Å². The number of hydrogen-bond donors (Lipinski definition) is 1. The second-order valence-electron chi connectivity index (χ2n) is 7.87. The third-order valence-corrected chi connectivity index (χ3v) is 4.25. The SMILES string of the molecule is Cc1c(NC(=O)N2CC(C)(C)OC(C)(C)C2)noc1-c1ccccc1F. The Labute approximate surface area is 152 Å². The smallest absolute Gasteiger partial charge is 0.323 e. The van der Waals surface area contributed by atoms with Crippen molar-refractivity contribution in [2.24, 2.45) is 0 Å². The van der Waals surface area contributed by atoms with Gasteiger partial charge >= 0.3 is 6.03 Å². The number of nitrogens with zero attached hydrogens (tertiary/aromatic N) is 2. The molecule has 2 amide bonds. The number of nitrogens with one attached hydrogen (secondary N) is 1. The first-order valence-electron chi connectivity index (χ1n) is 8.55. The lowest BCUT2D eigenvalue weighted by molar-refractivity contribution is -0.169. The number of ether oxygens (including phenoxy) is 1. The molecule has 140 valence electrons. The monoisotopic (exact) mass is 361 g/mol. The summed E-state index contributed by atoms with van der Waals surface area (Å²) in [7, 11) is 0. The summed E-state index contributed by atoms with van der Waals surface area (Å²) in [4.78, 5) is 14.4. The number of carbonyl (C=O) groups is 1. The van der Waals surface area contributed by atoms with Crippen molar-refractivity contribution in [2.75, 3.05) is 18.4 Å². The van der Waals surface area contributed by atoms with E-state index in [1.807, 2.05) is 27.7 Å². The quantitative estimate of drug-likeness (QED) is 0.870. The fourth-order valence-electron chi connectivity index (χ4n) is 3.46. The molecule has 0 unspecified atom stereocenters. The highest BCUT2D eigenvalue weighted by atomic mass is 19.1. The maximum absolute atomic E-state index is 14.0. The number of amides is 2. The summed E-state index contributed by atoms with van der Waals surface area (Å²) in [6.07, 6.45) is 0. The number of hydrogen-bond acceptors (Lipinski definition) is 4. The highest BCUT2D eigenvalue weighted by Crippen LogP contribution is 2.31. The summed E-state index contributed by atoms with van der Waals surface area (Å²) < 4.78 is 25.3. The summed E-state index contributed by atoms with van der Waals surface area (Å²) >= 11 is 0. The van der Waals surface area contributed by atoms with E-state index in [1.54, 1.807) is 30.0 Å². The van der Waals surface area contributed by atoms with Crippen molar-refractivity contribution in [3.8, 4) is 11.3 Å². The minimum atomic E-state index is -0.448. The summed E-state index contributed by atoms with van der Waals surface area (Å²) in [5, 5.41) is 6.68. The van der Waals surface area contributed by atoms with Crippen LogP contribution in [-0.4, -0.2) is 40.4 Å². The first-order chi connectivity index (χ1) is 12.1. The van der Waals surface area contributed by atoms with Crippen LogP contribution in [0.4, 0.5) is 15.0 Å². The second-order valence-corrected chi connectivity index (χ2v) is 7.87. The number of carbonyl (C=O) groups excluding carboxylic acids is 1. The Morgan fingerprint density at radius 1 is 1.19 bits per heavy atom. The largest absolute Gasteiger partial charge is 0.366 e. The van der Waals surface area contributed by atoms with Crippen LogP contribution in [-0.2, 0) is 4.74 Å². The topological polar surface area (TPSA) is 67.6 Å². The molecule has 0 radical (unpaired) electrons. The van der Waals surface area contributed by atoms with E-state index >= 15 is 0 Å². The molecule has 1 aliphatic rings. The highest BCUT2D eigenvalue weighted by Gasteiger charge is 2.40. The fourth-order valence-corrected chi connectivity index (χ4v) is 3.46. The van der Waals surface area contributed by atoms with E-state index in [2.05, 4.69) is 10.5 Å². The molecule has 1 saturated heterocycles. The lowest BCUT2D eigenvalue weighted by atomic mass is 9.99. The average molecular weight is 361 g/mol. The van der Waals surface area contributed by atoms with Crippen molar-refractivity contribution < 1.29 is 18.4 Å². The molecule has 1 aliphatic heterocycles. The van der Waals surface area contributed by atoms with Crippen LogP contribution in [0.3, 0.4) is 0 Å². The molecule has 26 heavy (non-hydrogen) atoms. The maximum atomic E-state index is 14.0. The molecule has 6 nitrogen and oxygen atoms in total. The number of morpholine rings is 1. The van der Waals surface area contributed by atoms with E-state index in [4.69, 9.17) is 9.26 Å². The fraction of sp³-hybridized carbons (Fsp3) is 0.474. The van der Waals surface area contributed by atoms with Gasteiger partial charge in [0.25, 0.3) is 0 Å². The Balaban J connectivity index is 1.80. The molecule has 0 saturated carbocycles. The van der Waals surface area contributed by atoms with Gasteiger partial charge in [-0.1, -0.05) is 17.3 Å². The number of anilines is 1. The first kappa shape index (κ1) is 18.4. The summed E-state index contributed by atoms with van der Waals surface area (Å²) in [6, 6.07) is 6.01. The van der Waals surface area contributed by atoms with Crippen molar-refractivity contribution in [3.63, 3.8) is 0 Å². The van der Waals surface area contributed by atoms with Gasteiger partial charge in [-0.05, 0) is 46.8 Å². The van der Waals surface area contributed by atoms with E-state index in [9.17, 15) is 9.18 Å². The third kappa shape index (κ3) is 3.72. The Morgan fingerprint density at radius 3 is 2.42 bits per heavy atom. The van der Waals surface area contributed by atoms with Gasteiger partial charge in [0.15, 0.2) is 11.6 Å². The van der Waals surface area contributed by atoms with Gasteiger partial charge in [-0.25, -0.2) is 9.18 Å². The Kier molecular flexibility index (Phi) is 4.52. The van der Waals surface area contributed by atoms with E-state index < -0.39 is 17.0 Å². The molecule has 1 fully saturated rings. The zero-order chi connectivity index (χ0) is 19.1. The highest BCUT2D eigenvalue weighted by molar-refractivity contribution is 5.90. The van der Waals surface area contributed by atoms with Crippen LogP contribution in [0.1, 0.15) is 33.3 Å². The van der Waals surface area contributed by atoms with E-state index in [0.717, 1.165) is 0 Å². The molecular weight excluding hydrogens is 337 g/mol. The summed E-state index contributed by atoms with van der Waals surface area (Å²) in [6.45, 7) is 10.5. The van der Waals surface area contributed by atoms with Gasteiger partial charge in [-0.15, -0.1) is 0 Å². The Morgan fingerprint density at radius 2 is 1.81 bits per heavy atom. The predicted molar refractivity (Wildman–Crippen MR) is 96.5 cm³/mol. The number of urea groups is 1. The molecular formula is C19H24FN3O3. The lowest BCUT2D eigenvalue weighted by Gasteiger charge is -2.46. The second kappa shape index (κ2) is 6.39. The molecule has 2 aromatic rings. The van der Waals surface area contributed by atoms with Crippen molar-refractivity contribution in [1.29, 1.82) is 0 Å². The minimum Gasteiger partial charge on any atom is -0.366 e. The van der Waals surface area contributed by atoms with Crippen molar-refractivity contribution >= 4 is 11.8 Å². The number of rotatable bonds is 2. The van der Waals surface area contributed by atoms with Crippen LogP contribution in [0, 0.1) is 12.7 Å². The van der Waals surface area contributed by atoms with E-state index in [0.29, 0.717) is 30.0 Å². The summed E-state index contributed by atoms with van der Waals surface area (Å²) in [5.41, 5.74) is -0.00564. The van der Waals surface area contributed by atoms with Gasteiger partial charge in [0.1, 0.15) is 5.82 Å². The van der Waals surface area contributed by atoms with Gasteiger partial charge in [0.05, 0.1) is 29.9 Å². The van der Waals surface area contributed by atoms with Crippen LogP contribution in [0.25, 0.3) is 11.3 Å². The predicted octanol–water partition coefficient (Wildman–Crippen LogP) is 4.21. The van der Waals surface area contributed by atoms with E-state index in [-0.39, 0.29) is 11.8 Å². The zero-order valence-corrected chi connectivity index (χ0v) is 15.7. The normalized spacial score (nSPS) is 18.6. The zero-order valence-electron chi connectivity index (χ0n) is 15.7. The number of halogens is 1. The molecule has 0 spiro atoms. The molecule has 1 aromatic carbocycles. The summed E-state index contributed by atoms with van der Waals surface area (Å²) in [5.74, 6) is 0.192. The molecule has 1 aromatic heterocycles. The molecule has 0 bridgehead atoms. The van der Waals surface area contributed by atoms with E-state index in [1.165, 1.54) is 6.07 Å². The van der Waals surface area contributed by atoms with Crippen LogP contribution < -0.4 is 5.32 Å². The van der Waals surface area contributed by atoms with Crippen LogP contribution >= 0.6 is 0 Å². The van der Waals surface area contributed by atoms with Gasteiger partial charge in [-0.3, -0.25) is 5.32 Å². The molecule has 0 aliphatic carbocycles. The van der Waals surface area contributed by atoms with Crippen LogP contribution in [0.2, 0.25) is 0 Å². The Bertz CT molecular complexity index is 813.